The van der Waals surface area contributed by atoms with Crippen LogP contribution in [0.25, 0.3) is 16.5 Å². The van der Waals surface area contributed by atoms with Crippen LogP contribution in [0, 0.1) is 5.82 Å². The Balaban J connectivity index is 1.79. The Labute approximate surface area is 250 Å². The second kappa shape index (κ2) is 13.4. The third kappa shape index (κ3) is 7.49. The summed E-state index contributed by atoms with van der Waals surface area (Å²) in [6, 6.07) is 13.9. The average molecular weight is 603 g/mol. The summed E-state index contributed by atoms with van der Waals surface area (Å²) >= 11 is 0. The summed E-state index contributed by atoms with van der Waals surface area (Å²) in [5.74, 6) is -0.0851. The highest BCUT2D eigenvalue weighted by atomic mass is 32.2. The highest BCUT2D eigenvalue weighted by Gasteiger charge is 2.19. The number of allylic oxidation sites excluding steroid dienone is 8. The summed E-state index contributed by atoms with van der Waals surface area (Å²) in [7, 11) is -5.19. The van der Waals surface area contributed by atoms with Gasteiger partial charge < -0.3 is 0 Å². The Morgan fingerprint density at radius 1 is 1.17 bits per heavy atom. The van der Waals surface area contributed by atoms with E-state index in [1.54, 1.807) is 23.5 Å². The molecule has 8 heteroatoms. The molecule has 42 heavy (non-hydrogen) atoms. The highest BCUT2D eigenvalue weighted by Crippen LogP contribution is 2.32. The molecular formula is C34H35FN2O3S2. The molecule has 218 valence electrons. The maximum atomic E-state index is 13.9. The molecule has 0 aliphatic heterocycles. The fraction of sp³-hybridized carbons (Fsp3) is 0.206. The van der Waals surface area contributed by atoms with E-state index in [0.29, 0.717) is 22.9 Å². The highest BCUT2D eigenvalue weighted by molar-refractivity contribution is 7.94. The topological polar surface area (TPSA) is 67.3 Å². The molecule has 3 aromatic rings. The van der Waals surface area contributed by atoms with Crippen molar-refractivity contribution in [2.75, 3.05) is 12.8 Å². The first-order valence-corrected chi connectivity index (χ1v) is 16.6. The maximum Gasteiger partial charge on any atom is 0.175 e. The monoisotopic (exact) mass is 602 g/mol. The van der Waals surface area contributed by atoms with Crippen molar-refractivity contribution in [2.45, 2.75) is 38.0 Å². The lowest BCUT2D eigenvalue weighted by Crippen LogP contribution is -2.26. The fourth-order valence-corrected chi connectivity index (χ4v) is 6.39. The smallest absolute Gasteiger partial charge is 0.175 e. The first kappa shape index (κ1) is 31.1. The molecule has 4 rings (SSSR count). The summed E-state index contributed by atoms with van der Waals surface area (Å²) in [5.41, 5.74) is 5.64. The first-order chi connectivity index (χ1) is 20.0. The lowest BCUT2D eigenvalue weighted by Gasteiger charge is -2.25. The molecule has 1 aromatic heterocycles. The van der Waals surface area contributed by atoms with Gasteiger partial charge in [0.2, 0.25) is 0 Å². The number of hydrogen-bond donors (Lipinski definition) is 0. The van der Waals surface area contributed by atoms with Gasteiger partial charge in [0.05, 0.1) is 21.9 Å². The van der Waals surface area contributed by atoms with E-state index >= 15 is 0 Å². The second-order valence-electron chi connectivity index (χ2n) is 10.4. The molecule has 1 aliphatic rings. The number of halogens is 1. The van der Waals surface area contributed by atoms with Crippen LogP contribution in [0.1, 0.15) is 44.2 Å². The number of pyridine rings is 1. The number of sulfone groups is 1. The molecule has 0 radical (unpaired) electrons. The van der Waals surface area contributed by atoms with Crippen LogP contribution in [-0.4, -0.2) is 34.7 Å². The van der Waals surface area contributed by atoms with E-state index in [1.807, 2.05) is 12.1 Å². The van der Waals surface area contributed by atoms with Crippen molar-refractivity contribution in [1.82, 2.24) is 9.29 Å². The minimum absolute atomic E-state index is 0.0533. The van der Waals surface area contributed by atoms with Crippen LogP contribution in [0.5, 0.6) is 0 Å². The van der Waals surface area contributed by atoms with Crippen molar-refractivity contribution in [3.63, 3.8) is 0 Å². The van der Waals surface area contributed by atoms with Crippen molar-refractivity contribution in [2.24, 2.45) is 0 Å². The lowest BCUT2D eigenvalue weighted by atomic mass is 9.93. The molecule has 0 spiro atoms. The van der Waals surface area contributed by atoms with Gasteiger partial charge in [-0.05, 0) is 96.7 Å². The van der Waals surface area contributed by atoms with Gasteiger partial charge in [-0.25, -0.2) is 17.0 Å². The normalized spacial score (nSPS) is 15.3. The first-order valence-electron chi connectivity index (χ1n) is 13.6. The minimum Gasteiger partial charge on any atom is -0.287 e. The van der Waals surface area contributed by atoms with Gasteiger partial charge in [0, 0.05) is 29.1 Å². The van der Waals surface area contributed by atoms with Crippen molar-refractivity contribution < 1.29 is 17.0 Å². The van der Waals surface area contributed by atoms with Crippen LogP contribution in [0.2, 0.25) is 0 Å². The molecule has 0 bridgehead atoms. The van der Waals surface area contributed by atoms with Crippen LogP contribution in [0.3, 0.4) is 0 Å². The van der Waals surface area contributed by atoms with E-state index in [2.05, 4.69) is 56.9 Å². The van der Waals surface area contributed by atoms with E-state index in [9.17, 15) is 17.0 Å². The molecule has 1 atom stereocenters. The SMILES string of the molecule is C=C/C(=C\C=C(/C)N(CC1=CC(c2cc(C(C)C)cc3cccnc23)=CCC=C1)S(=O)c1ccc(F)cc1)S(C)(=O)=O. The van der Waals surface area contributed by atoms with Crippen LogP contribution < -0.4 is 0 Å². The Morgan fingerprint density at radius 3 is 2.57 bits per heavy atom. The number of nitrogens with zero attached hydrogens (tertiary/aromatic N) is 2. The molecule has 0 saturated carbocycles. The average Bonchev–Trinajstić information content (AvgIpc) is 3.20. The third-order valence-corrected chi connectivity index (χ3v) is 9.56. The largest absolute Gasteiger partial charge is 0.287 e. The number of aromatic nitrogens is 1. The quantitative estimate of drug-likeness (QED) is 0.222. The van der Waals surface area contributed by atoms with Gasteiger partial charge in [0.15, 0.2) is 20.8 Å². The Bertz CT molecular complexity index is 1780. The van der Waals surface area contributed by atoms with Crippen LogP contribution in [-0.2, 0) is 20.8 Å². The minimum atomic E-state index is -3.48. The number of benzene rings is 2. The van der Waals surface area contributed by atoms with Crippen molar-refractivity contribution in [1.29, 1.82) is 0 Å². The summed E-state index contributed by atoms with van der Waals surface area (Å²) in [4.78, 5) is 5.17. The zero-order chi connectivity index (χ0) is 30.4. The molecule has 0 fully saturated rings. The Morgan fingerprint density at radius 2 is 1.90 bits per heavy atom. The number of rotatable bonds is 10. The zero-order valence-electron chi connectivity index (χ0n) is 24.2. The Kier molecular flexibility index (Phi) is 9.91. The molecule has 5 nitrogen and oxygen atoms in total. The van der Waals surface area contributed by atoms with Crippen LogP contribution in [0.4, 0.5) is 4.39 Å². The van der Waals surface area contributed by atoms with Gasteiger partial charge in [-0.3, -0.25) is 9.29 Å². The summed E-state index contributed by atoms with van der Waals surface area (Å²) in [6.45, 7) is 9.96. The number of fused-ring (bicyclic) bond motifs is 1. The predicted molar refractivity (Wildman–Crippen MR) is 172 cm³/mol. The van der Waals surface area contributed by atoms with E-state index < -0.39 is 26.6 Å². The maximum absolute atomic E-state index is 13.9. The summed E-state index contributed by atoms with van der Waals surface area (Å²) < 4.78 is 53.4. The Hall–Kier alpha value is -3.88. The van der Waals surface area contributed by atoms with E-state index in [0.717, 1.165) is 33.9 Å². The summed E-state index contributed by atoms with van der Waals surface area (Å²) in [5, 5.41) is 1.07. The van der Waals surface area contributed by atoms with Crippen molar-refractivity contribution in [3.05, 3.63) is 137 Å². The molecular weight excluding hydrogens is 568 g/mol. The molecule has 2 aromatic carbocycles. The van der Waals surface area contributed by atoms with Crippen molar-refractivity contribution in [3.8, 4) is 0 Å². The van der Waals surface area contributed by atoms with Crippen LogP contribution >= 0.6 is 0 Å². The molecule has 0 saturated heterocycles. The molecule has 0 N–H and O–H groups in total. The standard InChI is InChI=1S/C34H35FN2O3S2/c1-6-32(42(5,39)40)18-13-25(4)37(41(38)31-16-14-30(35)15-17-31)23-26-10-7-8-11-27(20-26)33-22-29(24(2)3)21-28-12-9-19-36-34(28)33/h6-7,9-22,24H,1,8,23H2,2-5H3/b25-13+,32-18+. The predicted octanol–water partition coefficient (Wildman–Crippen LogP) is 7.81. The van der Waals surface area contributed by atoms with Gasteiger partial charge >= 0.3 is 0 Å². The molecule has 1 unspecified atom stereocenters. The van der Waals surface area contributed by atoms with Crippen molar-refractivity contribution >= 4 is 37.3 Å². The summed E-state index contributed by atoms with van der Waals surface area (Å²) in [6.07, 6.45) is 16.3. The molecule has 1 aliphatic carbocycles. The van der Waals surface area contributed by atoms with E-state index in [1.165, 1.54) is 42.0 Å². The number of hydrogen-bond acceptors (Lipinski definition) is 4. The van der Waals surface area contributed by atoms with Gasteiger partial charge in [0.1, 0.15) is 5.82 Å². The molecule has 0 amide bonds. The van der Waals surface area contributed by atoms with Gasteiger partial charge in [-0.2, -0.15) is 0 Å². The lowest BCUT2D eigenvalue weighted by molar-refractivity contribution is 0.565. The zero-order valence-corrected chi connectivity index (χ0v) is 25.9. The van der Waals surface area contributed by atoms with E-state index in [4.69, 9.17) is 4.98 Å². The van der Waals surface area contributed by atoms with E-state index in [-0.39, 0.29) is 11.4 Å². The van der Waals surface area contributed by atoms with Gasteiger partial charge in [-0.1, -0.05) is 50.8 Å². The van der Waals surface area contributed by atoms with Gasteiger partial charge in [0.25, 0.3) is 0 Å². The second-order valence-corrected chi connectivity index (χ2v) is 13.8. The van der Waals surface area contributed by atoms with Gasteiger partial charge in [-0.15, -0.1) is 0 Å². The van der Waals surface area contributed by atoms with Crippen LogP contribution in [0.15, 0.2) is 125 Å². The fourth-order valence-electron chi connectivity index (χ4n) is 4.56. The molecule has 1 heterocycles. The third-order valence-electron chi connectivity index (χ3n) is 6.90.